The van der Waals surface area contributed by atoms with Crippen LogP contribution < -0.4 is 51.3 Å². The van der Waals surface area contributed by atoms with Gasteiger partial charge in [0.1, 0.15) is 11.2 Å². The minimum Gasteiger partial charge on any atom is -0.456 e. The molecule has 0 atom stereocenters. The first-order valence-corrected chi connectivity index (χ1v) is 55.6. The molecule has 5 nitrogen and oxygen atoms in total. The van der Waals surface area contributed by atoms with Gasteiger partial charge in [-0.25, -0.2) is 0 Å². The third-order valence-electron chi connectivity index (χ3n) is 30.3. The van der Waals surface area contributed by atoms with Crippen molar-refractivity contribution >= 4 is 210 Å². The van der Waals surface area contributed by atoms with E-state index in [-0.39, 0.29) is 0 Å². The zero-order valence-electron chi connectivity index (χ0n) is 81.0. The second-order valence-electron chi connectivity index (χ2n) is 38.3. The molecule has 0 radical (unpaired) electrons. The molecule has 24 aromatic carbocycles. The summed E-state index contributed by atoms with van der Waals surface area (Å²) in [7, 11) is -5.52. The lowest BCUT2D eigenvalue weighted by atomic mass is 9.96. The van der Waals surface area contributed by atoms with Crippen molar-refractivity contribution < 1.29 is 4.42 Å². The number of hydrogen-bond donors (Lipinski definition) is 0. The van der Waals surface area contributed by atoms with Gasteiger partial charge in [-0.05, 0) is 241 Å². The molecular formula is C140H96N4OSSi2. The van der Waals surface area contributed by atoms with Gasteiger partial charge < -0.3 is 23.4 Å². The smallest absolute Gasteiger partial charge is 0.179 e. The zero-order chi connectivity index (χ0) is 98.0. The molecule has 4 aromatic heterocycles. The molecule has 0 fully saturated rings. The minimum atomic E-state index is -2.77. The molecule has 0 aliphatic rings. The summed E-state index contributed by atoms with van der Waals surface area (Å²) in [6, 6.07) is 214. The van der Waals surface area contributed by atoms with Gasteiger partial charge in [0.15, 0.2) is 16.1 Å². The number of hydrogen-bond acceptors (Lipinski definition) is 4. The number of anilines is 6. The lowest BCUT2D eigenvalue weighted by molar-refractivity contribution is 0.669. The van der Waals surface area contributed by atoms with Crippen molar-refractivity contribution in [1.29, 1.82) is 0 Å². The summed E-state index contributed by atoms with van der Waals surface area (Å²) in [6.07, 6.45) is 0. The molecule has 28 rings (SSSR count). The Morgan fingerprint density at radius 2 is 0.507 bits per heavy atom. The molecule has 148 heavy (non-hydrogen) atoms. The zero-order valence-corrected chi connectivity index (χ0v) is 83.8. The minimum absolute atomic E-state index is 0.860. The lowest BCUT2D eigenvalue weighted by Crippen LogP contribution is -2.74. The Hall–Kier alpha value is -18.5. The van der Waals surface area contributed by atoms with Crippen LogP contribution in [0.25, 0.3) is 163 Å². The van der Waals surface area contributed by atoms with E-state index in [2.05, 4.69) is 601 Å². The number of aromatic nitrogens is 2. The highest BCUT2D eigenvalue weighted by Crippen LogP contribution is 2.51. The van der Waals surface area contributed by atoms with Crippen LogP contribution in [0.3, 0.4) is 0 Å². The second kappa shape index (κ2) is 37.6. The molecule has 0 saturated carbocycles. The molecule has 0 spiro atoms. The predicted octanol–water partition coefficient (Wildman–Crippen LogP) is 32.5. The third kappa shape index (κ3) is 15.1. The molecule has 8 heteroatoms. The van der Waals surface area contributed by atoms with Gasteiger partial charge in [-0.1, -0.05) is 449 Å². The fourth-order valence-corrected chi connectivity index (χ4v) is 34.4. The first-order valence-electron chi connectivity index (χ1n) is 50.8. The molecule has 0 N–H and O–H groups in total. The molecular weight excluding hydrogens is 1840 g/mol. The Labute approximate surface area is 865 Å². The summed E-state index contributed by atoms with van der Waals surface area (Å²) >= 11 is 1.89. The molecule has 0 aliphatic carbocycles. The molecule has 0 unspecified atom stereocenters. The largest absolute Gasteiger partial charge is 0.456 e. The van der Waals surface area contributed by atoms with E-state index in [1.165, 1.54) is 149 Å². The van der Waals surface area contributed by atoms with Crippen LogP contribution in [-0.2, 0) is 0 Å². The summed E-state index contributed by atoms with van der Waals surface area (Å²) in [5.74, 6) is 0. The molecule has 0 amide bonds. The number of furan rings is 1. The van der Waals surface area contributed by atoms with E-state index in [4.69, 9.17) is 4.42 Å². The predicted molar refractivity (Wildman–Crippen MR) is 635 cm³/mol. The topological polar surface area (TPSA) is 29.5 Å². The number of para-hydroxylation sites is 5. The Morgan fingerprint density at radius 1 is 0.189 bits per heavy atom. The highest BCUT2D eigenvalue weighted by molar-refractivity contribution is 7.26. The molecule has 28 aromatic rings. The summed E-state index contributed by atoms with van der Waals surface area (Å²) in [4.78, 5) is 4.84. The van der Waals surface area contributed by atoms with Crippen LogP contribution in [0, 0.1) is 0 Å². The van der Waals surface area contributed by atoms with Crippen molar-refractivity contribution in [3.05, 3.63) is 582 Å². The van der Waals surface area contributed by atoms with Gasteiger partial charge in [0, 0.05) is 87.9 Å². The van der Waals surface area contributed by atoms with Crippen molar-refractivity contribution in [3.63, 3.8) is 0 Å². The Kier molecular flexibility index (Phi) is 22.5. The van der Waals surface area contributed by atoms with Crippen molar-refractivity contribution in [2.24, 2.45) is 0 Å². The van der Waals surface area contributed by atoms with Gasteiger partial charge in [-0.15, -0.1) is 11.3 Å². The molecule has 696 valence electrons. The SMILES string of the molecule is c1ccc(-n2c3ccccc3c3c(-c4ccc(N(c5ccc(-c6cccc7ccccc67)cc5)c5ccc([Si](c6ccccc6)(c6ccccc6)c6ccccc6)cc5)cc4)cc4c5ccccc5sc4c32)cc1.c1ccc(-n2c3ccccc3c3c(-c4cccc(N(c5ccc(-c6cccc7ccccc67)cc5)c5ccc([Si](c6ccccc6)(c6ccccc6)c6ccccc6)cc5)c4)cc4oc5ccccc5c4c32)cc1. The van der Waals surface area contributed by atoms with Crippen molar-refractivity contribution in [2.75, 3.05) is 9.80 Å². The fraction of sp³-hybridized carbons (Fsp3) is 0. The maximum atomic E-state index is 6.81. The van der Waals surface area contributed by atoms with Crippen LogP contribution in [0.2, 0.25) is 0 Å². The summed E-state index contributed by atoms with van der Waals surface area (Å²) in [6.45, 7) is 0. The van der Waals surface area contributed by atoms with E-state index in [1.54, 1.807) is 0 Å². The first-order chi connectivity index (χ1) is 73.4. The van der Waals surface area contributed by atoms with E-state index >= 15 is 0 Å². The van der Waals surface area contributed by atoms with Gasteiger partial charge in [-0.3, -0.25) is 0 Å². The van der Waals surface area contributed by atoms with Gasteiger partial charge in [0.05, 0.1) is 32.2 Å². The van der Waals surface area contributed by atoms with Crippen LogP contribution in [0.5, 0.6) is 0 Å². The number of benzene rings is 24. The molecule has 0 bridgehead atoms. The number of rotatable bonds is 20. The highest BCUT2D eigenvalue weighted by atomic mass is 32.1. The average molecular weight is 1940 g/mol. The summed E-state index contributed by atoms with van der Waals surface area (Å²) < 4.78 is 14.3. The monoisotopic (exact) mass is 1940 g/mol. The van der Waals surface area contributed by atoms with Gasteiger partial charge in [0.25, 0.3) is 0 Å². The van der Waals surface area contributed by atoms with Crippen molar-refractivity contribution in [3.8, 4) is 55.9 Å². The van der Waals surface area contributed by atoms with E-state index in [1.807, 2.05) is 11.3 Å². The normalized spacial score (nSPS) is 11.8. The Balaban J connectivity index is 0.000000146. The second-order valence-corrected chi connectivity index (χ2v) is 47.0. The Bertz CT molecular complexity index is 9590. The van der Waals surface area contributed by atoms with Crippen LogP contribution in [0.1, 0.15) is 0 Å². The third-order valence-corrected chi connectivity index (χ3v) is 41.0. The highest BCUT2D eigenvalue weighted by Gasteiger charge is 2.44. The molecule has 0 aliphatic heterocycles. The van der Waals surface area contributed by atoms with Gasteiger partial charge in [-0.2, -0.15) is 0 Å². The quantitative estimate of drug-likeness (QED) is 0.0563. The maximum absolute atomic E-state index is 6.81. The molecule has 0 saturated heterocycles. The lowest BCUT2D eigenvalue weighted by Gasteiger charge is -2.35. The van der Waals surface area contributed by atoms with Crippen molar-refractivity contribution in [1.82, 2.24) is 9.13 Å². The first kappa shape index (κ1) is 88.4. The van der Waals surface area contributed by atoms with E-state index in [0.29, 0.717) is 0 Å². The summed E-state index contributed by atoms with van der Waals surface area (Å²) in [5.41, 5.74) is 24.6. The Morgan fingerprint density at radius 3 is 0.946 bits per heavy atom. The van der Waals surface area contributed by atoms with Crippen molar-refractivity contribution in [2.45, 2.75) is 0 Å². The maximum Gasteiger partial charge on any atom is 0.179 e. The number of thiophene rings is 1. The van der Waals surface area contributed by atoms with E-state index < -0.39 is 16.1 Å². The van der Waals surface area contributed by atoms with Crippen LogP contribution >= 0.6 is 11.3 Å². The van der Waals surface area contributed by atoms with E-state index in [9.17, 15) is 0 Å². The van der Waals surface area contributed by atoms with Gasteiger partial charge >= 0.3 is 0 Å². The summed E-state index contributed by atoms with van der Waals surface area (Å²) in [5, 5.41) is 25.4. The fourth-order valence-electron chi connectivity index (χ4n) is 23.7. The molecule has 4 heterocycles. The number of fused-ring (bicyclic) bond motifs is 16. The standard InChI is InChI=1S/C70H48N2OSi.C70H48N2SSi/c1-5-24-52(25-6-1)72-65-37-17-15-34-62(65)68-64(48-67-69(70(68)72)63-35-16-18-38-66(63)73-67)51-23-19-26-55(47-51)71(53-41-39-50(40-42-53)61-36-20-22-49-21-13-14-33-60(49)61)54-43-45-59(46-44-54)74(56-27-7-2-8-28-56,57-29-9-3-10-30-57)58-31-11-4-12-32-58;1-5-22-52(23-6-1)72-66-34-17-15-32-63(66)68-64(48-65-62-31-16-18-35-67(62)73-70(65)69(68)72)51-38-42-54(43-39-51)71(53-40-36-50(37-41-53)61-33-19-21-49-20-13-14-30-60(49)61)55-44-46-59(47-45-55)74(56-24-7-2-8-25-56,57-26-9-3-10-27-57)58-28-11-4-12-29-58/h2*1-48H. The average Bonchev–Trinajstić information content (AvgIpc) is 1.54. The number of nitrogens with zero attached hydrogens (tertiary/aromatic N) is 4. The van der Waals surface area contributed by atoms with Crippen LogP contribution in [-0.4, -0.2) is 25.3 Å². The van der Waals surface area contributed by atoms with Gasteiger partial charge in [0.2, 0.25) is 0 Å². The van der Waals surface area contributed by atoms with E-state index in [0.717, 1.165) is 89.6 Å². The van der Waals surface area contributed by atoms with Crippen LogP contribution in [0.4, 0.5) is 34.1 Å². The van der Waals surface area contributed by atoms with Crippen LogP contribution in [0.15, 0.2) is 587 Å².